The number of carbonyl (C=O) groups is 1. The highest BCUT2D eigenvalue weighted by atomic mass is 35.5. The molecule has 1 amide bonds. The van der Waals surface area contributed by atoms with Crippen LogP contribution in [0.1, 0.15) is 28.7 Å². The second kappa shape index (κ2) is 10.6. The van der Waals surface area contributed by atoms with Crippen LogP contribution in [0.2, 0.25) is 5.15 Å². The SMILES string of the molecule is Cc1ccnc(Cl)c1NC(=O)c1cc(F)c(-n2nc(CF)n(CCO)c2=O)nc1OC(C)C(F)(F)F. The van der Waals surface area contributed by atoms with Gasteiger partial charge >= 0.3 is 11.9 Å². The molecule has 0 radical (unpaired) electrons. The molecule has 0 aliphatic heterocycles. The van der Waals surface area contributed by atoms with E-state index in [4.69, 9.17) is 21.4 Å². The number of amides is 1. The van der Waals surface area contributed by atoms with E-state index in [0.717, 1.165) is 0 Å². The van der Waals surface area contributed by atoms with Crippen LogP contribution in [0.3, 0.4) is 0 Å². The number of aryl methyl sites for hydroxylation is 1. The molecule has 0 bridgehead atoms. The number of nitrogens with one attached hydrogen (secondary N) is 1. The molecular weight excluding hydrogens is 519 g/mol. The summed E-state index contributed by atoms with van der Waals surface area (Å²) in [6, 6.07) is 1.98. The summed E-state index contributed by atoms with van der Waals surface area (Å²) in [6.45, 7) is -0.0605. The van der Waals surface area contributed by atoms with Gasteiger partial charge in [-0.1, -0.05) is 11.6 Å². The van der Waals surface area contributed by atoms with Crippen molar-refractivity contribution in [2.75, 3.05) is 11.9 Å². The van der Waals surface area contributed by atoms with Gasteiger partial charge < -0.3 is 15.2 Å². The summed E-state index contributed by atoms with van der Waals surface area (Å²) < 4.78 is 73.7. The molecular formula is C20H18ClF5N6O4. The molecule has 10 nitrogen and oxygen atoms in total. The number of aromatic nitrogens is 5. The minimum Gasteiger partial charge on any atom is -0.464 e. The Hall–Kier alpha value is -3.59. The standard InChI is InChI=1S/C20H18ClF5N6O4/c1-9-3-4-27-15(21)14(9)28-17(34)11-7-12(23)16(29-18(11)36-10(2)20(24,25)26)32-19(35)31(5-6-33)13(8-22)30-32/h3-4,7,10,33H,5-6,8H2,1-2H3,(H,28,34). The lowest BCUT2D eigenvalue weighted by Crippen LogP contribution is -2.33. The number of carbonyl (C=O) groups excluding carboxylic acids is 1. The number of nitrogens with zero attached hydrogens (tertiary/aromatic N) is 5. The fourth-order valence-electron chi connectivity index (χ4n) is 2.95. The second-order valence-electron chi connectivity index (χ2n) is 7.32. The van der Waals surface area contributed by atoms with Gasteiger partial charge in [0.25, 0.3) is 5.91 Å². The van der Waals surface area contributed by atoms with Crippen molar-refractivity contribution in [3.05, 3.63) is 56.7 Å². The number of alkyl halides is 4. The zero-order chi connectivity index (χ0) is 26.8. The lowest BCUT2D eigenvalue weighted by atomic mass is 10.2. The fraction of sp³-hybridized carbons (Fsp3) is 0.350. The zero-order valence-electron chi connectivity index (χ0n) is 18.6. The maximum absolute atomic E-state index is 15.0. The Morgan fingerprint density at radius 3 is 2.64 bits per heavy atom. The third-order valence-corrected chi connectivity index (χ3v) is 5.14. The number of rotatable bonds is 8. The van der Waals surface area contributed by atoms with Gasteiger partial charge in [0, 0.05) is 6.20 Å². The van der Waals surface area contributed by atoms with Crippen molar-refractivity contribution in [1.82, 2.24) is 24.3 Å². The number of hydrogen-bond donors (Lipinski definition) is 2. The predicted molar refractivity (Wildman–Crippen MR) is 116 cm³/mol. The Kier molecular flexibility index (Phi) is 7.93. The van der Waals surface area contributed by atoms with Crippen LogP contribution in [0.4, 0.5) is 27.6 Å². The molecule has 3 aromatic rings. The maximum atomic E-state index is 15.0. The van der Waals surface area contributed by atoms with Crippen LogP contribution in [0, 0.1) is 12.7 Å². The molecule has 0 aromatic carbocycles. The highest BCUT2D eigenvalue weighted by Gasteiger charge is 2.39. The van der Waals surface area contributed by atoms with Gasteiger partial charge in [-0.15, -0.1) is 5.10 Å². The van der Waals surface area contributed by atoms with Gasteiger partial charge in [-0.3, -0.25) is 9.36 Å². The molecule has 36 heavy (non-hydrogen) atoms. The van der Waals surface area contributed by atoms with Crippen LogP contribution in [0.25, 0.3) is 5.82 Å². The lowest BCUT2D eigenvalue weighted by Gasteiger charge is -2.19. The minimum absolute atomic E-state index is 0.00928. The average Bonchev–Trinajstić information content (AvgIpc) is 3.12. The van der Waals surface area contributed by atoms with E-state index >= 15 is 4.39 Å². The molecule has 3 rings (SSSR count). The van der Waals surface area contributed by atoms with Crippen LogP contribution >= 0.6 is 11.6 Å². The van der Waals surface area contributed by atoms with Gasteiger partial charge in [0.1, 0.15) is 12.2 Å². The number of anilines is 1. The number of halogens is 6. The van der Waals surface area contributed by atoms with E-state index in [1.54, 1.807) is 6.92 Å². The summed E-state index contributed by atoms with van der Waals surface area (Å²) in [5, 5.41) is 14.8. The van der Waals surface area contributed by atoms with Crippen LogP contribution in [-0.2, 0) is 13.2 Å². The number of pyridine rings is 2. The smallest absolute Gasteiger partial charge is 0.425 e. The van der Waals surface area contributed by atoms with Crippen molar-refractivity contribution in [3.63, 3.8) is 0 Å². The maximum Gasteiger partial charge on any atom is 0.425 e. The van der Waals surface area contributed by atoms with E-state index in [1.165, 1.54) is 12.3 Å². The van der Waals surface area contributed by atoms with Crippen LogP contribution < -0.4 is 15.7 Å². The Morgan fingerprint density at radius 1 is 1.36 bits per heavy atom. The third kappa shape index (κ3) is 5.46. The number of ether oxygens (including phenoxy) is 1. The molecule has 3 heterocycles. The van der Waals surface area contributed by atoms with E-state index in [-0.39, 0.29) is 22.1 Å². The molecule has 194 valence electrons. The first-order chi connectivity index (χ1) is 16.9. The monoisotopic (exact) mass is 536 g/mol. The highest BCUT2D eigenvalue weighted by Crippen LogP contribution is 2.30. The van der Waals surface area contributed by atoms with Crippen LogP contribution in [0.15, 0.2) is 23.1 Å². The van der Waals surface area contributed by atoms with Crippen molar-refractivity contribution >= 4 is 23.2 Å². The van der Waals surface area contributed by atoms with Crippen LogP contribution in [0.5, 0.6) is 5.88 Å². The summed E-state index contributed by atoms with van der Waals surface area (Å²) in [7, 11) is 0. The molecule has 0 aliphatic carbocycles. The molecule has 2 N–H and O–H groups in total. The summed E-state index contributed by atoms with van der Waals surface area (Å²) in [5.74, 6) is -4.94. The summed E-state index contributed by atoms with van der Waals surface area (Å²) >= 11 is 5.96. The van der Waals surface area contributed by atoms with Crippen molar-refractivity contribution < 1.29 is 36.6 Å². The number of aliphatic hydroxyl groups is 1. The summed E-state index contributed by atoms with van der Waals surface area (Å²) in [6.07, 6.45) is -6.04. The van der Waals surface area contributed by atoms with E-state index < -0.39 is 66.1 Å². The average molecular weight is 537 g/mol. The molecule has 0 fully saturated rings. The predicted octanol–water partition coefficient (Wildman–Crippen LogP) is 2.97. The van der Waals surface area contributed by atoms with Gasteiger partial charge in [0.05, 0.1) is 18.8 Å². The van der Waals surface area contributed by atoms with E-state index in [9.17, 15) is 27.2 Å². The third-order valence-electron chi connectivity index (χ3n) is 4.85. The lowest BCUT2D eigenvalue weighted by molar-refractivity contribution is -0.190. The molecule has 1 atom stereocenters. The van der Waals surface area contributed by atoms with Gasteiger partial charge in [-0.25, -0.2) is 18.6 Å². The van der Waals surface area contributed by atoms with Crippen LogP contribution in [-0.4, -0.2) is 54.2 Å². The van der Waals surface area contributed by atoms with Gasteiger partial charge in [0.2, 0.25) is 5.88 Å². The van der Waals surface area contributed by atoms with Crippen molar-refractivity contribution in [1.29, 1.82) is 0 Å². The van der Waals surface area contributed by atoms with E-state index in [2.05, 4.69) is 20.4 Å². The molecule has 0 spiro atoms. The van der Waals surface area contributed by atoms with Gasteiger partial charge in [-0.05, 0) is 31.5 Å². The minimum atomic E-state index is -4.89. The Balaban J connectivity index is 2.16. The Morgan fingerprint density at radius 2 is 2.06 bits per heavy atom. The number of hydrogen-bond acceptors (Lipinski definition) is 7. The quantitative estimate of drug-likeness (QED) is 0.335. The first-order valence-corrected chi connectivity index (χ1v) is 10.5. The highest BCUT2D eigenvalue weighted by molar-refractivity contribution is 6.32. The molecule has 16 heteroatoms. The molecule has 0 saturated heterocycles. The van der Waals surface area contributed by atoms with E-state index in [1.807, 2.05) is 0 Å². The summed E-state index contributed by atoms with van der Waals surface area (Å²) in [5.41, 5.74) is -1.44. The first kappa shape index (κ1) is 27.0. The number of aliphatic hydroxyl groups excluding tert-OH is 1. The first-order valence-electron chi connectivity index (χ1n) is 10.1. The largest absolute Gasteiger partial charge is 0.464 e. The molecule has 1 unspecified atom stereocenters. The molecule has 0 saturated carbocycles. The Bertz CT molecular complexity index is 1320. The molecule has 0 aliphatic rings. The second-order valence-corrected chi connectivity index (χ2v) is 7.67. The normalized spacial score (nSPS) is 12.5. The van der Waals surface area contributed by atoms with Crippen molar-refractivity contribution in [3.8, 4) is 11.7 Å². The fourth-order valence-corrected chi connectivity index (χ4v) is 3.21. The summed E-state index contributed by atoms with van der Waals surface area (Å²) in [4.78, 5) is 32.9. The van der Waals surface area contributed by atoms with Crippen molar-refractivity contribution in [2.45, 2.75) is 39.3 Å². The molecule has 3 aromatic heterocycles. The Labute approximate surface area is 204 Å². The topological polar surface area (TPSA) is 124 Å². The van der Waals surface area contributed by atoms with Gasteiger partial charge in [-0.2, -0.15) is 22.8 Å². The zero-order valence-corrected chi connectivity index (χ0v) is 19.4. The van der Waals surface area contributed by atoms with Gasteiger partial charge in [0.15, 0.2) is 28.7 Å². The van der Waals surface area contributed by atoms with E-state index in [0.29, 0.717) is 23.1 Å². The van der Waals surface area contributed by atoms with Crippen molar-refractivity contribution in [2.24, 2.45) is 0 Å².